The minimum absolute atomic E-state index is 0.482. The number of benzene rings is 2. The number of para-hydroxylation sites is 1. The molecule has 0 radical (unpaired) electrons. The van der Waals surface area contributed by atoms with Crippen LogP contribution in [0.4, 0.5) is 5.69 Å². The molecule has 2 aromatic carbocycles. The van der Waals surface area contributed by atoms with E-state index in [1.807, 2.05) is 55.6 Å². The van der Waals surface area contributed by atoms with E-state index in [1.54, 1.807) is 6.92 Å². The maximum Gasteiger partial charge on any atom is 0.0781 e. The van der Waals surface area contributed by atoms with Crippen LogP contribution in [0.1, 0.15) is 24.2 Å². The first-order valence-electron chi connectivity index (χ1n) is 6.31. The van der Waals surface area contributed by atoms with Crippen LogP contribution in [0.5, 0.6) is 0 Å². The number of aliphatic hydroxyl groups is 1. The van der Waals surface area contributed by atoms with Crippen molar-refractivity contribution in [1.29, 1.82) is 0 Å². The fourth-order valence-corrected chi connectivity index (χ4v) is 2.35. The summed E-state index contributed by atoms with van der Waals surface area (Å²) in [5, 5.41) is 10.6. The SMILES string of the molecule is C[C@@H](O)c1ccccc1N(C)Cc1ccccc1Cl. The number of hydrogen-bond acceptors (Lipinski definition) is 2. The largest absolute Gasteiger partial charge is 0.389 e. The number of halogens is 1. The second kappa shape index (κ2) is 6.09. The molecule has 0 amide bonds. The van der Waals surface area contributed by atoms with Gasteiger partial charge in [-0.05, 0) is 24.6 Å². The van der Waals surface area contributed by atoms with Gasteiger partial charge in [0.15, 0.2) is 0 Å². The molecule has 2 nitrogen and oxygen atoms in total. The molecule has 100 valence electrons. The summed E-state index contributed by atoms with van der Waals surface area (Å²) in [6, 6.07) is 15.7. The van der Waals surface area contributed by atoms with Crippen molar-refractivity contribution >= 4 is 17.3 Å². The second-order valence-electron chi connectivity index (χ2n) is 4.68. The van der Waals surface area contributed by atoms with E-state index < -0.39 is 6.10 Å². The molecule has 19 heavy (non-hydrogen) atoms. The average molecular weight is 276 g/mol. The van der Waals surface area contributed by atoms with Crippen LogP contribution in [-0.2, 0) is 6.54 Å². The molecule has 1 N–H and O–H groups in total. The molecule has 0 aliphatic heterocycles. The van der Waals surface area contributed by atoms with Crippen LogP contribution in [0.3, 0.4) is 0 Å². The lowest BCUT2D eigenvalue weighted by atomic mass is 10.1. The molecule has 1 atom stereocenters. The van der Waals surface area contributed by atoms with Crippen molar-refractivity contribution < 1.29 is 5.11 Å². The molecule has 0 heterocycles. The third kappa shape index (κ3) is 3.28. The van der Waals surface area contributed by atoms with Crippen molar-refractivity contribution in [3.63, 3.8) is 0 Å². The Kier molecular flexibility index (Phi) is 4.46. The summed E-state index contributed by atoms with van der Waals surface area (Å²) in [7, 11) is 2.00. The zero-order valence-electron chi connectivity index (χ0n) is 11.2. The van der Waals surface area contributed by atoms with E-state index >= 15 is 0 Å². The molecule has 0 unspecified atom stereocenters. The van der Waals surface area contributed by atoms with Crippen molar-refractivity contribution in [3.8, 4) is 0 Å². The van der Waals surface area contributed by atoms with Crippen LogP contribution >= 0.6 is 11.6 Å². The molecule has 0 spiro atoms. The van der Waals surface area contributed by atoms with Crippen molar-refractivity contribution in [3.05, 3.63) is 64.7 Å². The monoisotopic (exact) mass is 275 g/mol. The number of aliphatic hydroxyl groups excluding tert-OH is 1. The van der Waals surface area contributed by atoms with Gasteiger partial charge in [0.1, 0.15) is 0 Å². The van der Waals surface area contributed by atoms with E-state index in [9.17, 15) is 5.11 Å². The zero-order valence-corrected chi connectivity index (χ0v) is 11.9. The Hall–Kier alpha value is -1.51. The van der Waals surface area contributed by atoms with E-state index in [2.05, 4.69) is 4.90 Å². The highest BCUT2D eigenvalue weighted by Crippen LogP contribution is 2.27. The van der Waals surface area contributed by atoms with Crippen LogP contribution in [0.2, 0.25) is 5.02 Å². The van der Waals surface area contributed by atoms with Crippen molar-refractivity contribution in [2.75, 3.05) is 11.9 Å². The van der Waals surface area contributed by atoms with Crippen LogP contribution in [0, 0.1) is 0 Å². The predicted octanol–water partition coefficient (Wildman–Crippen LogP) is 4.03. The summed E-state index contributed by atoms with van der Waals surface area (Å²) < 4.78 is 0. The molecule has 2 rings (SSSR count). The van der Waals surface area contributed by atoms with Crippen LogP contribution in [0.25, 0.3) is 0 Å². The number of anilines is 1. The average Bonchev–Trinajstić information content (AvgIpc) is 2.41. The molecule has 2 aromatic rings. The van der Waals surface area contributed by atoms with Gasteiger partial charge in [0.05, 0.1) is 6.10 Å². The summed E-state index contributed by atoms with van der Waals surface area (Å²) in [6.45, 7) is 2.49. The third-order valence-corrected chi connectivity index (χ3v) is 3.53. The number of nitrogens with zero attached hydrogens (tertiary/aromatic N) is 1. The van der Waals surface area contributed by atoms with Gasteiger partial charge in [0, 0.05) is 29.9 Å². The first-order chi connectivity index (χ1) is 9.09. The topological polar surface area (TPSA) is 23.5 Å². The molecular weight excluding hydrogens is 258 g/mol. The van der Waals surface area contributed by atoms with Crippen molar-refractivity contribution in [2.24, 2.45) is 0 Å². The Bertz CT molecular complexity index is 554. The Morgan fingerprint density at radius 1 is 1.11 bits per heavy atom. The summed E-state index contributed by atoms with van der Waals surface area (Å²) in [5.74, 6) is 0. The maximum absolute atomic E-state index is 9.82. The van der Waals surface area contributed by atoms with Gasteiger partial charge in [-0.3, -0.25) is 0 Å². The summed E-state index contributed by atoms with van der Waals surface area (Å²) >= 11 is 6.18. The van der Waals surface area contributed by atoms with E-state index in [0.717, 1.165) is 21.8 Å². The lowest BCUT2D eigenvalue weighted by molar-refractivity contribution is 0.199. The maximum atomic E-state index is 9.82. The minimum atomic E-state index is -0.482. The molecule has 0 fully saturated rings. The first kappa shape index (κ1) is 13.9. The highest BCUT2D eigenvalue weighted by molar-refractivity contribution is 6.31. The van der Waals surface area contributed by atoms with E-state index in [0.29, 0.717) is 6.54 Å². The lowest BCUT2D eigenvalue weighted by Crippen LogP contribution is -2.18. The molecule has 0 aromatic heterocycles. The van der Waals surface area contributed by atoms with Gasteiger partial charge < -0.3 is 10.0 Å². The molecule has 0 saturated heterocycles. The van der Waals surface area contributed by atoms with Crippen LogP contribution in [0.15, 0.2) is 48.5 Å². The normalized spacial score (nSPS) is 12.2. The second-order valence-corrected chi connectivity index (χ2v) is 5.09. The number of hydrogen-bond donors (Lipinski definition) is 1. The van der Waals surface area contributed by atoms with Gasteiger partial charge in [-0.25, -0.2) is 0 Å². The third-order valence-electron chi connectivity index (χ3n) is 3.16. The van der Waals surface area contributed by atoms with E-state index in [4.69, 9.17) is 11.6 Å². The van der Waals surface area contributed by atoms with Gasteiger partial charge in [0.2, 0.25) is 0 Å². The van der Waals surface area contributed by atoms with Gasteiger partial charge in [-0.15, -0.1) is 0 Å². The zero-order chi connectivity index (χ0) is 13.8. The van der Waals surface area contributed by atoms with Gasteiger partial charge in [0.25, 0.3) is 0 Å². The summed E-state index contributed by atoms with van der Waals surface area (Å²) in [5.41, 5.74) is 3.03. The standard InChI is InChI=1S/C16H18ClNO/c1-12(19)14-8-4-6-10-16(14)18(2)11-13-7-3-5-9-15(13)17/h3-10,12,19H,11H2,1-2H3/t12-/m1/s1. The van der Waals surface area contributed by atoms with Gasteiger partial charge in [-0.1, -0.05) is 48.0 Å². The molecule has 0 aliphatic rings. The highest BCUT2D eigenvalue weighted by Gasteiger charge is 2.12. The Labute approximate surface area is 119 Å². The van der Waals surface area contributed by atoms with Crippen molar-refractivity contribution in [1.82, 2.24) is 0 Å². The fraction of sp³-hybridized carbons (Fsp3) is 0.250. The summed E-state index contributed by atoms with van der Waals surface area (Å²) in [4.78, 5) is 2.10. The summed E-state index contributed by atoms with van der Waals surface area (Å²) in [6.07, 6.45) is -0.482. The fourth-order valence-electron chi connectivity index (χ4n) is 2.16. The van der Waals surface area contributed by atoms with Gasteiger partial charge >= 0.3 is 0 Å². The molecule has 3 heteroatoms. The highest BCUT2D eigenvalue weighted by atomic mass is 35.5. The minimum Gasteiger partial charge on any atom is -0.389 e. The Balaban J connectivity index is 2.26. The Morgan fingerprint density at radius 3 is 2.42 bits per heavy atom. The molecular formula is C16H18ClNO. The number of rotatable bonds is 4. The Morgan fingerprint density at radius 2 is 1.74 bits per heavy atom. The molecule has 0 aliphatic carbocycles. The lowest BCUT2D eigenvalue weighted by Gasteiger charge is -2.24. The van der Waals surface area contributed by atoms with E-state index in [1.165, 1.54) is 0 Å². The molecule has 0 saturated carbocycles. The smallest absolute Gasteiger partial charge is 0.0781 e. The van der Waals surface area contributed by atoms with Crippen LogP contribution < -0.4 is 4.90 Å². The predicted molar refractivity (Wildman–Crippen MR) is 80.6 cm³/mol. The van der Waals surface area contributed by atoms with E-state index in [-0.39, 0.29) is 0 Å². The quantitative estimate of drug-likeness (QED) is 0.911. The van der Waals surface area contributed by atoms with Crippen molar-refractivity contribution in [2.45, 2.75) is 19.6 Å². The molecule has 0 bridgehead atoms. The van der Waals surface area contributed by atoms with Crippen LogP contribution in [-0.4, -0.2) is 12.2 Å². The van der Waals surface area contributed by atoms with Gasteiger partial charge in [-0.2, -0.15) is 0 Å². The first-order valence-corrected chi connectivity index (χ1v) is 6.69.